The molecule has 27 heavy (non-hydrogen) atoms. The third-order valence-corrected chi connectivity index (χ3v) is 4.75. The van der Waals surface area contributed by atoms with Gasteiger partial charge >= 0.3 is 17.8 Å². The van der Waals surface area contributed by atoms with Gasteiger partial charge in [0.2, 0.25) is 5.91 Å². The number of Topliss-reactive ketones (excluding diaryl/α,β-unsaturated/α-hetero) is 1. The highest BCUT2D eigenvalue weighted by Gasteiger charge is 2.44. The average molecular weight is 371 g/mol. The maximum absolute atomic E-state index is 12.5. The predicted molar refractivity (Wildman–Crippen MR) is 96.1 cm³/mol. The highest BCUT2D eigenvalue weighted by Crippen LogP contribution is 2.22. The Morgan fingerprint density at radius 1 is 1.00 bits per heavy atom. The number of benzene rings is 1. The summed E-state index contributed by atoms with van der Waals surface area (Å²) in [6.45, 7) is 2.25. The average Bonchev–Trinajstić information content (AvgIpc) is 3.18. The zero-order chi connectivity index (χ0) is 19.6. The summed E-state index contributed by atoms with van der Waals surface area (Å²) >= 11 is 0. The van der Waals surface area contributed by atoms with Gasteiger partial charge in [0.25, 0.3) is 0 Å². The van der Waals surface area contributed by atoms with E-state index >= 15 is 0 Å². The quantitative estimate of drug-likeness (QED) is 0.412. The molecule has 8 heteroatoms. The number of imide groups is 2. The standard InChI is InChI=1S/C19H21N3O5/c1-2-3-10-21-17(25)18(26)22(19(21)27)12-15(23)13-6-8-14(9-7-13)20-11-4-5-16(20)24/h6-9H,2-5,10-12H2,1H3. The van der Waals surface area contributed by atoms with Crippen LogP contribution in [0.4, 0.5) is 10.5 Å². The minimum Gasteiger partial charge on any atom is -0.312 e. The maximum atomic E-state index is 12.5. The lowest BCUT2D eigenvalue weighted by atomic mass is 10.1. The number of carbonyl (C=O) groups is 5. The summed E-state index contributed by atoms with van der Waals surface area (Å²) < 4.78 is 0. The molecule has 0 aliphatic carbocycles. The number of urea groups is 1. The molecule has 0 unspecified atom stereocenters. The van der Waals surface area contributed by atoms with Crippen molar-refractivity contribution in [3.63, 3.8) is 0 Å². The zero-order valence-electron chi connectivity index (χ0n) is 15.1. The third kappa shape index (κ3) is 3.60. The highest BCUT2D eigenvalue weighted by atomic mass is 16.2. The molecule has 3 rings (SSSR count). The van der Waals surface area contributed by atoms with Gasteiger partial charge in [0.1, 0.15) is 0 Å². The summed E-state index contributed by atoms with van der Waals surface area (Å²) in [5.74, 6) is -2.25. The molecule has 5 amide bonds. The smallest absolute Gasteiger partial charge is 0.312 e. The summed E-state index contributed by atoms with van der Waals surface area (Å²) in [5.41, 5.74) is 1.02. The lowest BCUT2D eigenvalue weighted by Crippen LogP contribution is -2.37. The van der Waals surface area contributed by atoms with Gasteiger partial charge in [-0.05, 0) is 37.1 Å². The van der Waals surface area contributed by atoms with Crippen molar-refractivity contribution in [2.75, 3.05) is 24.5 Å². The van der Waals surface area contributed by atoms with Crippen LogP contribution in [-0.2, 0) is 14.4 Å². The van der Waals surface area contributed by atoms with E-state index in [2.05, 4.69) is 0 Å². The molecule has 0 bridgehead atoms. The largest absolute Gasteiger partial charge is 0.334 e. The van der Waals surface area contributed by atoms with Crippen molar-refractivity contribution >= 4 is 35.2 Å². The first-order valence-electron chi connectivity index (χ1n) is 9.05. The Kier molecular flexibility index (Phi) is 5.34. The fourth-order valence-electron chi connectivity index (χ4n) is 3.19. The molecule has 1 aromatic rings. The first-order valence-corrected chi connectivity index (χ1v) is 9.05. The molecule has 0 saturated carbocycles. The normalized spacial score (nSPS) is 17.4. The number of amides is 5. The predicted octanol–water partition coefficient (Wildman–Crippen LogP) is 1.59. The van der Waals surface area contributed by atoms with Crippen molar-refractivity contribution in [1.82, 2.24) is 9.80 Å². The molecule has 2 heterocycles. The second-order valence-electron chi connectivity index (χ2n) is 6.60. The Morgan fingerprint density at radius 2 is 1.67 bits per heavy atom. The van der Waals surface area contributed by atoms with Gasteiger partial charge in [-0.1, -0.05) is 13.3 Å². The number of carbonyl (C=O) groups excluding carboxylic acids is 5. The number of unbranched alkanes of at least 4 members (excludes halogenated alkanes) is 1. The first-order chi connectivity index (χ1) is 12.9. The maximum Gasteiger partial charge on any atom is 0.334 e. The Hall–Kier alpha value is -3.03. The minimum absolute atomic E-state index is 0.0491. The molecule has 8 nitrogen and oxygen atoms in total. The van der Waals surface area contributed by atoms with Crippen LogP contribution in [0.2, 0.25) is 0 Å². The third-order valence-electron chi connectivity index (χ3n) is 4.75. The van der Waals surface area contributed by atoms with Crippen molar-refractivity contribution in [2.45, 2.75) is 32.6 Å². The van der Waals surface area contributed by atoms with Gasteiger partial charge in [-0.2, -0.15) is 0 Å². The van der Waals surface area contributed by atoms with Crippen molar-refractivity contribution < 1.29 is 24.0 Å². The second kappa shape index (κ2) is 7.69. The summed E-state index contributed by atoms with van der Waals surface area (Å²) in [4.78, 5) is 63.7. The summed E-state index contributed by atoms with van der Waals surface area (Å²) in [5, 5.41) is 0. The minimum atomic E-state index is -0.969. The van der Waals surface area contributed by atoms with Crippen molar-refractivity contribution in [3.8, 4) is 0 Å². The molecule has 2 aliphatic rings. The molecule has 0 atom stereocenters. The molecule has 0 spiro atoms. The molecule has 2 fully saturated rings. The Labute approximate surface area is 156 Å². The van der Waals surface area contributed by atoms with Gasteiger partial charge in [-0.25, -0.2) is 9.69 Å². The number of ketones is 1. The fourth-order valence-corrected chi connectivity index (χ4v) is 3.19. The zero-order valence-corrected chi connectivity index (χ0v) is 15.1. The number of hydrogen-bond acceptors (Lipinski definition) is 5. The molecule has 0 radical (unpaired) electrons. The van der Waals surface area contributed by atoms with Crippen LogP contribution in [0.1, 0.15) is 43.0 Å². The number of hydrogen-bond donors (Lipinski definition) is 0. The van der Waals surface area contributed by atoms with Crippen LogP contribution >= 0.6 is 0 Å². The van der Waals surface area contributed by atoms with Crippen LogP contribution < -0.4 is 4.90 Å². The van der Waals surface area contributed by atoms with Gasteiger partial charge < -0.3 is 4.90 Å². The van der Waals surface area contributed by atoms with Gasteiger partial charge in [-0.15, -0.1) is 0 Å². The topological polar surface area (TPSA) is 95.1 Å². The van der Waals surface area contributed by atoms with E-state index in [0.717, 1.165) is 17.7 Å². The lowest BCUT2D eigenvalue weighted by Gasteiger charge is -2.16. The monoisotopic (exact) mass is 371 g/mol. The van der Waals surface area contributed by atoms with Crippen LogP contribution in [-0.4, -0.2) is 59.0 Å². The van der Waals surface area contributed by atoms with E-state index in [0.29, 0.717) is 35.5 Å². The SMILES string of the molecule is CCCCN1C(=O)C(=O)N(CC(=O)c2ccc(N3CCCC3=O)cc2)C1=O. The highest BCUT2D eigenvalue weighted by molar-refractivity contribution is 6.45. The van der Waals surface area contributed by atoms with Crippen LogP contribution in [0.25, 0.3) is 0 Å². The van der Waals surface area contributed by atoms with Crippen molar-refractivity contribution in [1.29, 1.82) is 0 Å². The Morgan fingerprint density at radius 3 is 2.26 bits per heavy atom. The van der Waals surface area contributed by atoms with Gasteiger partial charge in [0.15, 0.2) is 5.78 Å². The molecular weight excluding hydrogens is 350 g/mol. The van der Waals surface area contributed by atoms with E-state index in [1.807, 2.05) is 6.92 Å². The number of nitrogens with zero attached hydrogens (tertiary/aromatic N) is 3. The molecule has 0 N–H and O–H groups in total. The molecule has 0 aromatic heterocycles. The van der Waals surface area contributed by atoms with Gasteiger partial charge in [0, 0.05) is 30.8 Å². The van der Waals surface area contributed by atoms with Gasteiger partial charge in [0.05, 0.1) is 6.54 Å². The van der Waals surface area contributed by atoms with Crippen LogP contribution in [0.3, 0.4) is 0 Å². The summed E-state index contributed by atoms with van der Waals surface area (Å²) in [6.07, 6.45) is 2.70. The number of anilines is 1. The summed E-state index contributed by atoms with van der Waals surface area (Å²) in [6, 6.07) is 5.72. The second-order valence-corrected chi connectivity index (χ2v) is 6.60. The first kappa shape index (κ1) is 18.8. The van der Waals surface area contributed by atoms with E-state index in [1.165, 1.54) is 0 Å². The Bertz CT molecular complexity index is 802. The fraction of sp³-hybridized carbons (Fsp3) is 0.421. The van der Waals surface area contributed by atoms with Crippen molar-refractivity contribution in [2.24, 2.45) is 0 Å². The van der Waals surface area contributed by atoms with E-state index in [9.17, 15) is 24.0 Å². The van der Waals surface area contributed by atoms with Crippen LogP contribution in [0.5, 0.6) is 0 Å². The molecule has 2 aliphatic heterocycles. The van der Waals surface area contributed by atoms with E-state index in [4.69, 9.17) is 0 Å². The molecular formula is C19H21N3O5. The number of rotatable bonds is 7. The molecule has 2 saturated heterocycles. The van der Waals surface area contributed by atoms with Crippen molar-refractivity contribution in [3.05, 3.63) is 29.8 Å². The van der Waals surface area contributed by atoms with Crippen LogP contribution in [0, 0.1) is 0 Å². The van der Waals surface area contributed by atoms with E-state index < -0.39 is 30.2 Å². The summed E-state index contributed by atoms with van der Waals surface area (Å²) in [7, 11) is 0. The van der Waals surface area contributed by atoms with Crippen LogP contribution in [0.15, 0.2) is 24.3 Å². The van der Waals surface area contributed by atoms with E-state index in [1.54, 1.807) is 29.2 Å². The van der Waals surface area contributed by atoms with E-state index in [-0.39, 0.29) is 12.5 Å². The molecule has 1 aromatic carbocycles. The Balaban J connectivity index is 1.68. The molecule has 142 valence electrons. The lowest BCUT2D eigenvalue weighted by molar-refractivity contribution is -0.143. The van der Waals surface area contributed by atoms with Gasteiger partial charge in [-0.3, -0.25) is 24.1 Å².